The van der Waals surface area contributed by atoms with Gasteiger partial charge >= 0.3 is 0 Å². The molecule has 1 aliphatic rings. The zero-order chi connectivity index (χ0) is 12.3. The Morgan fingerprint density at radius 1 is 1.41 bits per heavy atom. The summed E-state index contributed by atoms with van der Waals surface area (Å²) in [4.78, 5) is 2.43. The van der Waals surface area contributed by atoms with Crippen LogP contribution in [0.4, 0.5) is 4.39 Å². The highest BCUT2D eigenvalue weighted by Crippen LogP contribution is 2.22. The predicted molar refractivity (Wildman–Crippen MR) is 68.1 cm³/mol. The summed E-state index contributed by atoms with van der Waals surface area (Å²) in [5.41, 5.74) is 7.01. The lowest BCUT2D eigenvalue weighted by Gasteiger charge is -2.17. The zero-order valence-corrected chi connectivity index (χ0v) is 10.4. The van der Waals surface area contributed by atoms with E-state index in [2.05, 4.69) is 11.8 Å². The minimum absolute atomic E-state index is 0.162. The van der Waals surface area contributed by atoms with E-state index < -0.39 is 0 Å². The van der Waals surface area contributed by atoms with Crippen molar-refractivity contribution >= 4 is 0 Å². The lowest BCUT2D eigenvalue weighted by molar-refractivity contribution is 0.310. The number of hydrogen-bond acceptors (Lipinski definition) is 2. The molecular formula is C14H21FN2. The van der Waals surface area contributed by atoms with Gasteiger partial charge in [-0.3, -0.25) is 4.90 Å². The van der Waals surface area contributed by atoms with E-state index >= 15 is 0 Å². The normalized spacial score (nSPS) is 22.9. The fourth-order valence-electron chi connectivity index (χ4n) is 2.62. The third kappa shape index (κ3) is 3.79. The van der Waals surface area contributed by atoms with Gasteiger partial charge in [-0.1, -0.05) is 12.1 Å². The van der Waals surface area contributed by atoms with E-state index in [1.807, 2.05) is 12.1 Å². The quantitative estimate of drug-likeness (QED) is 0.869. The molecule has 0 aliphatic carbocycles. The highest BCUT2D eigenvalue weighted by atomic mass is 19.1. The van der Waals surface area contributed by atoms with Gasteiger partial charge < -0.3 is 5.73 Å². The smallest absolute Gasteiger partial charge is 0.123 e. The van der Waals surface area contributed by atoms with Crippen LogP contribution in [0.25, 0.3) is 0 Å². The molecule has 0 saturated carbocycles. The van der Waals surface area contributed by atoms with Gasteiger partial charge in [0.2, 0.25) is 0 Å². The standard InChI is InChI=1S/C14H21FN2/c1-11(16)8-13-6-7-17(10-13)9-12-2-4-14(15)5-3-12/h2-5,11,13H,6-10,16H2,1H3. The summed E-state index contributed by atoms with van der Waals surface area (Å²) in [6, 6.07) is 7.10. The van der Waals surface area contributed by atoms with Gasteiger partial charge in [0.25, 0.3) is 0 Å². The topological polar surface area (TPSA) is 29.3 Å². The number of nitrogens with two attached hydrogens (primary N) is 1. The molecule has 2 nitrogen and oxygen atoms in total. The lowest BCUT2D eigenvalue weighted by Crippen LogP contribution is -2.23. The van der Waals surface area contributed by atoms with Crippen molar-refractivity contribution in [3.63, 3.8) is 0 Å². The van der Waals surface area contributed by atoms with Crippen LogP contribution in [0, 0.1) is 11.7 Å². The Morgan fingerprint density at radius 2 is 2.12 bits per heavy atom. The molecule has 1 aliphatic heterocycles. The van der Waals surface area contributed by atoms with Gasteiger partial charge in [0.15, 0.2) is 0 Å². The minimum Gasteiger partial charge on any atom is -0.328 e. The van der Waals surface area contributed by atoms with Crippen molar-refractivity contribution in [3.8, 4) is 0 Å². The minimum atomic E-state index is -0.162. The van der Waals surface area contributed by atoms with Gasteiger partial charge in [-0.25, -0.2) is 4.39 Å². The molecule has 2 N–H and O–H groups in total. The monoisotopic (exact) mass is 236 g/mol. The van der Waals surface area contributed by atoms with E-state index in [1.54, 1.807) is 0 Å². The van der Waals surface area contributed by atoms with Crippen LogP contribution in [-0.2, 0) is 6.54 Å². The number of likely N-dealkylation sites (tertiary alicyclic amines) is 1. The van der Waals surface area contributed by atoms with Crippen molar-refractivity contribution in [2.45, 2.75) is 32.4 Å². The first-order valence-corrected chi connectivity index (χ1v) is 6.36. The number of halogens is 1. The Balaban J connectivity index is 1.83. The highest BCUT2D eigenvalue weighted by Gasteiger charge is 2.22. The molecule has 1 heterocycles. The van der Waals surface area contributed by atoms with E-state index in [-0.39, 0.29) is 5.82 Å². The maximum atomic E-state index is 12.8. The first-order valence-electron chi connectivity index (χ1n) is 6.36. The third-order valence-corrected chi connectivity index (χ3v) is 3.39. The van der Waals surface area contributed by atoms with E-state index in [0.717, 1.165) is 32.0 Å². The molecule has 94 valence electrons. The first kappa shape index (κ1) is 12.5. The second-order valence-electron chi connectivity index (χ2n) is 5.23. The lowest BCUT2D eigenvalue weighted by atomic mass is 10.0. The molecule has 3 heteroatoms. The van der Waals surface area contributed by atoms with Crippen molar-refractivity contribution < 1.29 is 4.39 Å². The van der Waals surface area contributed by atoms with Crippen LogP contribution in [0.1, 0.15) is 25.3 Å². The van der Waals surface area contributed by atoms with Gasteiger partial charge in [0.1, 0.15) is 5.82 Å². The third-order valence-electron chi connectivity index (χ3n) is 3.39. The fraction of sp³-hybridized carbons (Fsp3) is 0.571. The summed E-state index contributed by atoms with van der Waals surface area (Å²) in [6.45, 7) is 5.26. The van der Waals surface area contributed by atoms with Crippen molar-refractivity contribution in [1.82, 2.24) is 4.90 Å². The molecule has 17 heavy (non-hydrogen) atoms. The SMILES string of the molecule is CC(N)CC1CCN(Cc2ccc(F)cc2)C1. The van der Waals surface area contributed by atoms with E-state index in [9.17, 15) is 4.39 Å². The van der Waals surface area contributed by atoms with Gasteiger partial charge in [0, 0.05) is 19.1 Å². The van der Waals surface area contributed by atoms with Crippen LogP contribution in [0.2, 0.25) is 0 Å². The zero-order valence-electron chi connectivity index (χ0n) is 10.4. The van der Waals surface area contributed by atoms with Crippen LogP contribution in [-0.4, -0.2) is 24.0 Å². The molecule has 2 rings (SSSR count). The Labute approximate surface area is 103 Å². The summed E-state index contributed by atoms with van der Waals surface area (Å²) in [6.07, 6.45) is 2.35. The molecule has 1 aromatic rings. The van der Waals surface area contributed by atoms with E-state index in [1.165, 1.54) is 24.1 Å². The fourth-order valence-corrected chi connectivity index (χ4v) is 2.62. The summed E-state index contributed by atoms with van der Waals surface area (Å²) >= 11 is 0. The highest BCUT2D eigenvalue weighted by molar-refractivity contribution is 5.16. The number of benzene rings is 1. The van der Waals surface area contributed by atoms with Gasteiger partial charge in [0.05, 0.1) is 0 Å². The maximum Gasteiger partial charge on any atom is 0.123 e. The molecule has 0 amide bonds. The molecule has 0 aromatic heterocycles. The number of nitrogens with zero attached hydrogens (tertiary/aromatic N) is 1. The first-order chi connectivity index (χ1) is 8.13. The van der Waals surface area contributed by atoms with Crippen LogP contribution in [0.5, 0.6) is 0 Å². The molecule has 0 spiro atoms. The maximum absolute atomic E-state index is 12.8. The summed E-state index contributed by atoms with van der Waals surface area (Å²) < 4.78 is 12.8. The van der Waals surface area contributed by atoms with Crippen LogP contribution in [0.3, 0.4) is 0 Å². The molecule has 1 saturated heterocycles. The average molecular weight is 236 g/mol. The molecule has 2 unspecified atom stereocenters. The molecular weight excluding hydrogens is 215 g/mol. The molecule has 1 aromatic carbocycles. The molecule has 0 radical (unpaired) electrons. The van der Waals surface area contributed by atoms with Crippen molar-refractivity contribution in [3.05, 3.63) is 35.6 Å². The van der Waals surface area contributed by atoms with Crippen LogP contribution < -0.4 is 5.73 Å². The van der Waals surface area contributed by atoms with Crippen molar-refractivity contribution in [1.29, 1.82) is 0 Å². The summed E-state index contributed by atoms with van der Waals surface area (Å²) in [7, 11) is 0. The second kappa shape index (κ2) is 5.61. The Kier molecular flexibility index (Phi) is 4.13. The largest absolute Gasteiger partial charge is 0.328 e. The summed E-state index contributed by atoms with van der Waals surface area (Å²) in [5.74, 6) is 0.570. The van der Waals surface area contributed by atoms with Gasteiger partial charge in [-0.05, 0) is 49.9 Å². The Bertz CT molecular complexity index is 348. The number of rotatable bonds is 4. The van der Waals surface area contributed by atoms with Gasteiger partial charge in [-0.2, -0.15) is 0 Å². The van der Waals surface area contributed by atoms with Gasteiger partial charge in [-0.15, -0.1) is 0 Å². The Hall–Kier alpha value is -0.930. The molecule has 0 bridgehead atoms. The van der Waals surface area contributed by atoms with Crippen LogP contribution >= 0.6 is 0 Å². The molecule has 2 atom stereocenters. The van der Waals surface area contributed by atoms with Crippen LogP contribution in [0.15, 0.2) is 24.3 Å². The Morgan fingerprint density at radius 3 is 2.76 bits per heavy atom. The molecule has 1 fully saturated rings. The van der Waals surface area contributed by atoms with Crippen molar-refractivity contribution in [2.75, 3.05) is 13.1 Å². The van der Waals surface area contributed by atoms with E-state index in [0.29, 0.717) is 6.04 Å². The second-order valence-corrected chi connectivity index (χ2v) is 5.23. The van der Waals surface area contributed by atoms with Crippen molar-refractivity contribution in [2.24, 2.45) is 11.7 Å². The van der Waals surface area contributed by atoms with E-state index in [4.69, 9.17) is 5.73 Å². The predicted octanol–water partition coefficient (Wildman–Crippen LogP) is 2.38. The number of hydrogen-bond donors (Lipinski definition) is 1. The average Bonchev–Trinajstić information content (AvgIpc) is 2.68. The summed E-state index contributed by atoms with van der Waals surface area (Å²) in [5, 5.41) is 0.